The predicted octanol–water partition coefficient (Wildman–Crippen LogP) is 1.73. The quantitative estimate of drug-likeness (QED) is 0.921. The summed E-state index contributed by atoms with van der Waals surface area (Å²) in [4.78, 5) is 31.0. The lowest BCUT2D eigenvalue weighted by Crippen LogP contribution is -2.39. The molecule has 2 amide bonds. The Morgan fingerprint density at radius 2 is 2.19 bits per heavy atom. The van der Waals surface area contributed by atoms with Gasteiger partial charge in [-0.3, -0.25) is 14.6 Å². The minimum Gasteiger partial charge on any atom is -0.310 e. The summed E-state index contributed by atoms with van der Waals surface area (Å²) in [5.41, 5.74) is 0.902. The number of hydrogen-bond donors (Lipinski definition) is 1. The van der Waals surface area contributed by atoms with Gasteiger partial charge in [-0.25, -0.2) is 0 Å². The molecule has 0 spiro atoms. The van der Waals surface area contributed by atoms with Crippen molar-refractivity contribution in [1.29, 1.82) is 0 Å². The van der Waals surface area contributed by atoms with Crippen LogP contribution in [-0.2, 0) is 9.59 Å². The first-order valence-corrected chi connectivity index (χ1v) is 8.70. The van der Waals surface area contributed by atoms with Crippen molar-refractivity contribution in [3.05, 3.63) is 24.3 Å². The van der Waals surface area contributed by atoms with Crippen LogP contribution in [0.5, 0.6) is 0 Å². The van der Waals surface area contributed by atoms with Gasteiger partial charge in [-0.1, -0.05) is 23.9 Å². The number of anilines is 1. The zero-order valence-corrected chi connectivity index (χ0v) is 13.0. The molecule has 0 unspecified atom stereocenters. The average Bonchev–Trinajstić information content (AvgIpc) is 2.99. The van der Waals surface area contributed by atoms with Crippen LogP contribution in [0.4, 0.5) is 5.69 Å². The molecule has 2 heterocycles. The summed E-state index contributed by atoms with van der Waals surface area (Å²) in [6.07, 6.45) is 0.282. The predicted molar refractivity (Wildman–Crippen MR) is 87.0 cm³/mol. The number of carbonyl (C=O) groups is 2. The minimum absolute atomic E-state index is 0.0547. The third-order valence-corrected chi connectivity index (χ3v) is 5.14. The number of fused-ring (bicyclic) bond motifs is 1. The Kier molecular flexibility index (Phi) is 4.50. The fourth-order valence-corrected chi connectivity index (χ4v) is 3.89. The zero-order chi connectivity index (χ0) is 14.7. The highest BCUT2D eigenvalue weighted by molar-refractivity contribution is 8.14. The maximum Gasteiger partial charge on any atom is 0.237 e. The molecule has 1 aromatic carbocycles. The SMILES string of the molecule is O=C(CCN1C(=O)CSc2ccccc21)NC1=NCCS1. The maximum atomic E-state index is 12.1. The van der Waals surface area contributed by atoms with Crippen molar-refractivity contribution in [3.63, 3.8) is 0 Å². The highest BCUT2D eigenvalue weighted by Gasteiger charge is 2.24. The molecule has 2 aliphatic heterocycles. The van der Waals surface area contributed by atoms with Gasteiger partial charge in [0, 0.05) is 23.6 Å². The third kappa shape index (κ3) is 3.41. The van der Waals surface area contributed by atoms with Crippen LogP contribution in [-0.4, -0.2) is 41.6 Å². The Hall–Kier alpha value is -1.47. The van der Waals surface area contributed by atoms with E-state index in [-0.39, 0.29) is 18.2 Å². The molecular formula is C14H15N3O2S2. The number of amides is 2. The Balaban J connectivity index is 1.62. The second-order valence-corrected chi connectivity index (χ2v) is 6.74. The van der Waals surface area contributed by atoms with Gasteiger partial charge >= 0.3 is 0 Å². The fraction of sp³-hybridized carbons (Fsp3) is 0.357. The summed E-state index contributed by atoms with van der Waals surface area (Å²) in [6.45, 7) is 1.16. The van der Waals surface area contributed by atoms with Crippen LogP contribution in [0.25, 0.3) is 0 Å². The van der Waals surface area contributed by atoms with Crippen molar-refractivity contribution < 1.29 is 9.59 Å². The van der Waals surface area contributed by atoms with Gasteiger partial charge in [-0.2, -0.15) is 0 Å². The van der Waals surface area contributed by atoms with E-state index in [0.29, 0.717) is 17.5 Å². The molecule has 2 aliphatic rings. The summed E-state index contributed by atoms with van der Waals surface area (Å²) in [5, 5.41) is 3.48. The van der Waals surface area contributed by atoms with Gasteiger partial charge in [0.25, 0.3) is 0 Å². The number of amidine groups is 1. The zero-order valence-electron chi connectivity index (χ0n) is 11.4. The largest absolute Gasteiger partial charge is 0.310 e. The lowest BCUT2D eigenvalue weighted by molar-refractivity contribution is -0.119. The molecule has 1 aromatic rings. The van der Waals surface area contributed by atoms with Gasteiger partial charge in [0.1, 0.15) is 0 Å². The van der Waals surface area contributed by atoms with E-state index in [1.807, 2.05) is 24.3 Å². The van der Waals surface area contributed by atoms with Gasteiger partial charge in [0.2, 0.25) is 11.8 Å². The normalized spacial score (nSPS) is 17.4. The van der Waals surface area contributed by atoms with Crippen molar-refractivity contribution >= 4 is 46.2 Å². The molecule has 0 saturated heterocycles. The number of rotatable bonds is 3. The first-order valence-electron chi connectivity index (χ1n) is 6.73. The number of para-hydroxylation sites is 1. The first-order chi connectivity index (χ1) is 10.2. The van der Waals surface area contributed by atoms with Gasteiger partial charge in [-0.15, -0.1) is 11.8 Å². The standard InChI is InChI=1S/C14H15N3O2S2/c18-12(16-14-15-6-8-20-14)5-7-17-10-3-1-2-4-11(10)21-9-13(17)19/h1-4H,5-9H2,(H,15,16,18). The van der Waals surface area contributed by atoms with Gasteiger partial charge in [0.15, 0.2) is 5.17 Å². The van der Waals surface area contributed by atoms with Gasteiger partial charge < -0.3 is 10.2 Å². The second-order valence-electron chi connectivity index (χ2n) is 4.64. The molecule has 0 fully saturated rings. The van der Waals surface area contributed by atoms with Crippen LogP contribution in [0.2, 0.25) is 0 Å². The lowest BCUT2D eigenvalue weighted by atomic mass is 10.2. The summed E-state index contributed by atoms with van der Waals surface area (Å²) in [5.74, 6) is 1.32. The molecule has 5 nitrogen and oxygen atoms in total. The van der Waals surface area contributed by atoms with Gasteiger partial charge in [-0.05, 0) is 12.1 Å². The average molecular weight is 321 g/mol. The molecular weight excluding hydrogens is 306 g/mol. The van der Waals surface area contributed by atoms with E-state index in [4.69, 9.17) is 0 Å². The van der Waals surface area contributed by atoms with Crippen LogP contribution < -0.4 is 10.2 Å². The van der Waals surface area contributed by atoms with Crippen molar-refractivity contribution in [2.45, 2.75) is 11.3 Å². The molecule has 0 saturated carbocycles. The number of thioether (sulfide) groups is 2. The number of aliphatic imine (C=N–C) groups is 1. The van der Waals surface area contributed by atoms with E-state index in [0.717, 1.165) is 22.9 Å². The lowest BCUT2D eigenvalue weighted by Gasteiger charge is -2.28. The Bertz CT molecular complexity index is 604. The molecule has 0 bridgehead atoms. The summed E-state index contributed by atoms with van der Waals surface area (Å²) in [6, 6.07) is 7.80. The van der Waals surface area contributed by atoms with Gasteiger partial charge in [0.05, 0.1) is 18.0 Å². The second kappa shape index (κ2) is 6.53. The number of nitrogens with one attached hydrogen (secondary N) is 1. The highest BCUT2D eigenvalue weighted by atomic mass is 32.2. The molecule has 110 valence electrons. The van der Waals surface area contributed by atoms with Crippen LogP contribution >= 0.6 is 23.5 Å². The number of hydrogen-bond acceptors (Lipinski definition) is 5. The molecule has 21 heavy (non-hydrogen) atoms. The topological polar surface area (TPSA) is 61.8 Å². The number of benzene rings is 1. The maximum absolute atomic E-state index is 12.1. The molecule has 0 aromatic heterocycles. The first kappa shape index (κ1) is 14.5. The summed E-state index contributed by atoms with van der Waals surface area (Å²) >= 11 is 3.10. The summed E-state index contributed by atoms with van der Waals surface area (Å²) < 4.78 is 0. The summed E-state index contributed by atoms with van der Waals surface area (Å²) in [7, 11) is 0. The molecule has 3 rings (SSSR count). The molecule has 0 radical (unpaired) electrons. The van der Waals surface area contributed by atoms with E-state index in [1.54, 1.807) is 28.4 Å². The van der Waals surface area contributed by atoms with Crippen molar-refractivity contribution in [2.75, 3.05) is 29.5 Å². The Morgan fingerprint density at radius 1 is 1.33 bits per heavy atom. The van der Waals surface area contributed by atoms with E-state index in [2.05, 4.69) is 10.3 Å². The fourth-order valence-electron chi connectivity index (χ4n) is 2.20. The monoisotopic (exact) mass is 321 g/mol. The smallest absolute Gasteiger partial charge is 0.237 e. The van der Waals surface area contributed by atoms with E-state index in [1.165, 1.54) is 0 Å². The van der Waals surface area contributed by atoms with E-state index >= 15 is 0 Å². The Labute approximate surface area is 131 Å². The van der Waals surface area contributed by atoms with E-state index in [9.17, 15) is 9.59 Å². The Morgan fingerprint density at radius 3 is 3.00 bits per heavy atom. The molecule has 7 heteroatoms. The van der Waals surface area contributed by atoms with Crippen molar-refractivity contribution in [1.82, 2.24) is 5.32 Å². The van der Waals surface area contributed by atoms with Crippen LogP contribution in [0.1, 0.15) is 6.42 Å². The highest BCUT2D eigenvalue weighted by Crippen LogP contribution is 2.34. The number of nitrogens with zero attached hydrogens (tertiary/aromatic N) is 2. The third-order valence-electron chi connectivity index (χ3n) is 3.20. The van der Waals surface area contributed by atoms with Crippen LogP contribution in [0.3, 0.4) is 0 Å². The van der Waals surface area contributed by atoms with Crippen molar-refractivity contribution in [3.8, 4) is 0 Å². The van der Waals surface area contributed by atoms with Crippen LogP contribution in [0, 0.1) is 0 Å². The van der Waals surface area contributed by atoms with E-state index < -0.39 is 0 Å². The molecule has 1 N–H and O–H groups in total. The van der Waals surface area contributed by atoms with Crippen molar-refractivity contribution in [2.24, 2.45) is 4.99 Å². The molecule has 0 atom stereocenters. The number of carbonyl (C=O) groups excluding carboxylic acids is 2. The minimum atomic E-state index is -0.0911. The van der Waals surface area contributed by atoms with Crippen LogP contribution in [0.15, 0.2) is 34.2 Å². The molecule has 0 aliphatic carbocycles.